The Morgan fingerprint density at radius 2 is 1.61 bits per heavy atom. The highest BCUT2D eigenvalue weighted by molar-refractivity contribution is 9.10. The standard InChI is InChI=1S/C23H24BrClO6/c1-4-28-20-13-15(11-17(22(26)29-5-2)23(27)30-6-3)12-18(24)21(20)31-14-16-9-7-8-10-19(16)25/h7-13H,4-6,14H2,1-3H3. The van der Waals surface area contributed by atoms with Crippen LogP contribution in [0.1, 0.15) is 31.9 Å². The van der Waals surface area contributed by atoms with Gasteiger partial charge >= 0.3 is 11.9 Å². The van der Waals surface area contributed by atoms with Crippen molar-refractivity contribution in [3.05, 3.63) is 62.6 Å². The lowest BCUT2D eigenvalue weighted by Gasteiger charge is -2.15. The van der Waals surface area contributed by atoms with Gasteiger partial charge in [0.15, 0.2) is 11.5 Å². The molecule has 2 rings (SSSR count). The van der Waals surface area contributed by atoms with Gasteiger partial charge in [-0.3, -0.25) is 0 Å². The summed E-state index contributed by atoms with van der Waals surface area (Å²) >= 11 is 9.69. The van der Waals surface area contributed by atoms with E-state index in [0.29, 0.717) is 33.2 Å². The molecule has 0 bridgehead atoms. The van der Waals surface area contributed by atoms with Crippen LogP contribution >= 0.6 is 27.5 Å². The van der Waals surface area contributed by atoms with Crippen LogP contribution in [0.2, 0.25) is 5.02 Å². The van der Waals surface area contributed by atoms with Crippen molar-refractivity contribution in [1.29, 1.82) is 0 Å². The monoisotopic (exact) mass is 510 g/mol. The third-order valence-electron chi connectivity index (χ3n) is 3.96. The first-order valence-corrected chi connectivity index (χ1v) is 11.0. The highest BCUT2D eigenvalue weighted by Crippen LogP contribution is 2.38. The Kier molecular flexibility index (Phi) is 9.88. The van der Waals surface area contributed by atoms with Crippen LogP contribution in [0.15, 0.2) is 46.4 Å². The third-order valence-corrected chi connectivity index (χ3v) is 4.92. The average Bonchev–Trinajstić information content (AvgIpc) is 2.73. The summed E-state index contributed by atoms with van der Waals surface area (Å²) in [5, 5.41) is 0.602. The molecule has 0 aliphatic carbocycles. The first kappa shape index (κ1) is 24.8. The van der Waals surface area contributed by atoms with Crippen molar-refractivity contribution in [2.75, 3.05) is 19.8 Å². The van der Waals surface area contributed by atoms with E-state index >= 15 is 0 Å². The van der Waals surface area contributed by atoms with Crippen molar-refractivity contribution >= 4 is 45.5 Å². The summed E-state index contributed by atoms with van der Waals surface area (Å²) in [6.45, 7) is 6.08. The molecule has 8 heteroatoms. The molecular weight excluding hydrogens is 488 g/mol. The first-order chi connectivity index (χ1) is 14.9. The second kappa shape index (κ2) is 12.4. The van der Waals surface area contributed by atoms with Crippen molar-refractivity contribution in [3.63, 3.8) is 0 Å². The van der Waals surface area contributed by atoms with E-state index in [1.165, 1.54) is 6.08 Å². The maximum Gasteiger partial charge on any atom is 0.345 e. The molecule has 166 valence electrons. The topological polar surface area (TPSA) is 71.1 Å². The number of hydrogen-bond donors (Lipinski definition) is 0. The molecule has 0 amide bonds. The highest BCUT2D eigenvalue weighted by Gasteiger charge is 2.22. The van der Waals surface area contributed by atoms with E-state index < -0.39 is 11.9 Å². The van der Waals surface area contributed by atoms with Crippen molar-refractivity contribution < 1.29 is 28.5 Å². The lowest BCUT2D eigenvalue weighted by Crippen LogP contribution is -2.18. The van der Waals surface area contributed by atoms with Gasteiger partial charge in [0.1, 0.15) is 12.2 Å². The molecule has 31 heavy (non-hydrogen) atoms. The lowest BCUT2D eigenvalue weighted by atomic mass is 10.1. The summed E-state index contributed by atoms with van der Waals surface area (Å²) < 4.78 is 22.2. The van der Waals surface area contributed by atoms with Crippen LogP contribution in [0.25, 0.3) is 6.08 Å². The summed E-state index contributed by atoms with van der Waals surface area (Å²) in [6.07, 6.45) is 1.40. The van der Waals surface area contributed by atoms with Crippen LogP contribution in [0.4, 0.5) is 0 Å². The number of hydrogen-bond acceptors (Lipinski definition) is 6. The molecule has 2 aromatic rings. The molecule has 6 nitrogen and oxygen atoms in total. The van der Waals surface area contributed by atoms with Crippen molar-refractivity contribution in [1.82, 2.24) is 0 Å². The molecule has 0 atom stereocenters. The Hall–Kier alpha value is -2.51. The molecule has 2 aromatic carbocycles. The summed E-state index contributed by atoms with van der Waals surface area (Å²) in [6, 6.07) is 10.8. The number of rotatable bonds is 10. The zero-order chi connectivity index (χ0) is 22.8. The largest absolute Gasteiger partial charge is 0.490 e. The molecule has 0 radical (unpaired) electrons. The lowest BCUT2D eigenvalue weighted by molar-refractivity contribution is -0.146. The van der Waals surface area contributed by atoms with Gasteiger partial charge in [0.05, 0.1) is 24.3 Å². The van der Waals surface area contributed by atoms with Gasteiger partial charge in [-0.2, -0.15) is 0 Å². The quantitative estimate of drug-likeness (QED) is 0.179. The summed E-state index contributed by atoms with van der Waals surface area (Å²) in [5.41, 5.74) is 1.16. The van der Waals surface area contributed by atoms with Gasteiger partial charge in [0.2, 0.25) is 0 Å². The van der Waals surface area contributed by atoms with E-state index in [-0.39, 0.29) is 25.4 Å². The van der Waals surface area contributed by atoms with Crippen molar-refractivity contribution in [2.45, 2.75) is 27.4 Å². The Labute approximate surface area is 195 Å². The zero-order valence-corrected chi connectivity index (χ0v) is 19.9. The number of carbonyl (C=O) groups excluding carboxylic acids is 2. The SMILES string of the molecule is CCOC(=O)C(=Cc1cc(Br)c(OCc2ccccc2Cl)c(OCC)c1)C(=O)OCC. The van der Waals surface area contributed by atoms with Gasteiger partial charge in [0.25, 0.3) is 0 Å². The van der Waals surface area contributed by atoms with Gasteiger partial charge in [0, 0.05) is 10.6 Å². The second-order valence-electron chi connectivity index (χ2n) is 6.14. The van der Waals surface area contributed by atoms with Gasteiger partial charge in [-0.1, -0.05) is 29.8 Å². The molecule has 0 N–H and O–H groups in total. The minimum absolute atomic E-state index is 0.137. The van der Waals surface area contributed by atoms with E-state index in [1.807, 2.05) is 25.1 Å². The van der Waals surface area contributed by atoms with Crippen LogP contribution in [-0.4, -0.2) is 31.8 Å². The Morgan fingerprint density at radius 3 is 2.19 bits per heavy atom. The average molecular weight is 512 g/mol. The normalized spacial score (nSPS) is 10.2. The molecule has 0 spiro atoms. The molecule has 0 aliphatic heterocycles. The molecule has 0 saturated heterocycles. The number of benzene rings is 2. The Morgan fingerprint density at radius 1 is 0.968 bits per heavy atom. The number of carbonyl (C=O) groups is 2. The van der Waals surface area contributed by atoms with Crippen LogP contribution in [0.3, 0.4) is 0 Å². The van der Waals surface area contributed by atoms with E-state index in [1.54, 1.807) is 32.0 Å². The first-order valence-electron chi connectivity index (χ1n) is 9.79. The van der Waals surface area contributed by atoms with E-state index in [2.05, 4.69) is 15.9 Å². The molecule has 0 aliphatic rings. The van der Waals surface area contributed by atoms with Gasteiger partial charge in [-0.05, 0) is 66.5 Å². The second-order valence-corrected chi connectivity index (χ2v) is 7.40. The summed E-state index contributed by atoms with van der Waals surface area (Å²) in [4.78, 5) is 24.5. The van der Waals surface area contributed by atoms with Crippen LogP contribution in [0, 0.1) is 0 Å². The smallest absolute Gasteiger partial charge is 0.345 e. The van der Waals surface area contributed by atoms with Gasteiger partial charge in [-0.25, -0.2) is 9.59 Å². The molecule has 0 heterocycles. The fraction of sp³-hybridized carbons (Fsp3) is 0.304. The van der Waals surface area contributed by atoms with Crippen molar-refractivity contribution in [3.8, 4) is 11.5 Å². The Bertz CT molecular complexity index is 937. The van der Waals surface area contributed by atoms with E-state index in [4.69, 9.17) is 30.5 Å². The van der Waals surface area contributed by atoms with Gasteiger partial charge in [-0.15, -0.1) is 0 Å². The highest BCUT2D eigenvalue weighted by atomic mass is 79.9. The van der Waals surface area contributed by atoms with Crippen LogP contribution in [0.5, 0.6) is 11.5 Å². The number of esters is 2. The fourth-order valence-corrected chi connectivity index (χ4v) is 3.39. The minimum atomic E-state index is -0.755. The number of ether oxygens (including phenoxy) is 4. The maximum atomic E-state index is 12.2. The third kappa shape index (κ3) is 7.01. The van der Waals surface area contributed by atoms with E-state index in [0.717, 1.165) is 5.56 Å². The molecule has 0 unspecified atom stereocenters. The number of halogens is 2. The predicted molar refractivity (Wildman–Crippen MR) is 122 cm³/mol. The minimum Gasteiger partial charge on any atom is -0.490 e. The van der Waals surface area contributed by atoms with Crippen LogP contribution < -0.4 is 9.47 Å². The van der Waals surface area contributed by atoms with Crippen LogP contribution in [-0.2, 0) is 25.7 Å². The molecular formula is C23H24BrClO6. The zero-order valence-electron chi connectivity index (χ0n) is 17.6. The maximum absolute atomic E-state index is 12.2. The summed E-state index contributed by atoms with van der Waals surface area (Å²) in [5.74, 6) is -0.585. The van der Waals surface area contributed by atoms with Crippen molar-refractivity contribution in [2.24, 2.45) is 0 Å². The predicted octanol–water partition coefficient (Wildman–Crippen LogP) is 5.59. The molecule has 0 saturated carbocycles. The molecule has 0 aromatic heterocycles. The Balaban J connectivity index is 2.40. The van der Waals surface area contributed by atoms with E-state index in [9.17, 15) is 9.59 Å². The fourth-order valence-electron chi connectivity index (χ4n) is 2.63. The molecule has 0 fully saturated rings. The van der Waals surface area contributed by atoms with Gasteiger partial charge < -0.3 is 18.9 Å². The summed E-state index contributed by atoms with van der Waals surface area (Å²) in [7, 11) is 0.